The zero-order valence-electron chi connectivity index (χ0n) is 22.3. The van der Waals surface area contributed by atoms with Gasteiger partial charge in [0.25, 0.3) is 0 Å². The van der Waals surface area contributed by atoms with E-state index < -0.39 is 12.0 Å². The maximum atomic E-state index is 12.7. The Hall–Kier alpha value is -3.24. The second-order valence-electron chi connectivity index (χ2n) is 11.0. The van der Waals surface area contributed by atoms with Crippen molar-refractivity contribution >= 4 is 12.0 Å². The van der Waals surface area contributed by atoms with Gasteiger partial charge in [-0.2, -0.15) is 0 Å². The van der Waals surface area contributed by atoms with Crippen LogP contribution >= 0.6 is 0 Å². The van der Waals surface area contributed by atoms with Crippen molar-refractivity contribution < 1.29 is 38.0 Å². The summed E-state index contributed by atoms with van der Waals surface area (Å²) in [4.78, 5) is 12.7. The van der Waals surface area contributed by atoms with E-state index in [1.165, 1.54) is 55.3 Å². The molecule has 2 fully saturated rings. The highest BCUT2D eigenvalue weighted by Crippen LogP contribution is 2.40. The van der Waals surface area contributed by atoms with Gasteiger partial charge >= 0.3 is 6.36 Å². The summed E-state index contributed by atoms with van der Waals surface area (Å²) in [5.41, 5.74) is 0.277. The van der Waals surface area contributed by atoms with Gasteiger partial charge in [-0.15, -0.1) is 13.2 Å². The SMILES string of the molecule is O=C(/C=C/c1cccc(OC(F)(F)F)c1)NC1CCC(O)(CCc2ccc(O)c(O)c2)C(CCNCC2CC2)C1. The lowest BCUT2D eigenvalue weighted by Crippen LogP contribution is -2.50. The predicted octanol–water partition coefficient (Wildman–Crippen LogP) is 5.05. The monoisotopic (exact) mass is 562 g/mol. The molecule has 2 aliphatic carbocycles. The number of amides is 1. The van der Waals surface area contributed by atoms with Crippen LogP contribution < -0.4 is 15.4 Å². The van der Waals surface area contributed by atoms with Gasteiger partial charge in [-0.05, 0) is 118 Å². The van der Waals surface area contributed by atoms with Crippen LogP contribution in [0.1, 0.15) is 56.1 Å². The molecule has 0 heterocycles. The molecule has 0 aromatic heterocycles. The molecule has 3 atom stereocenters. The number of alkyl halides is 3. The molecule has 10 heteroatoms. The van der Waals surface area contributed by atoms with Crippen LogP contribution in [0.4, 0.5) is 13.2 Å². The Morgan fingerprint density at radius 1 is 1.10 bits per heavy atom. The molecular weight excluding hydrogens is 525 g/mol. The Labute approximate surface area is 232 Å². The summed E-state index contributed by atoms with van der Waals surface area (Å²) in [6.07, 6.45) is 3.87. The number of phenols is 2. The Bertz CT molecular complexity index is 1180. The van der Waals surface area contributed by atoms with Crippen molar-refractivity contribution in [3.63, 3.8) is 0 Å². The first-order valence-electron chi connectivity index (χ1n) is 13.8. The fourth-order valence-corrected chi connectivity index (χ4v) is 5.38. The van der Waals surface area contributed by atoms with E-state index in [0.29, 0.717) is 37.7 Å². The van der Waals surface area contributed by atoms with Gasteiger partial charge in [-0.1, -0.05) is 18.2 Å². The third-order valence-corrected chi connectivity index (χ3v) is 7.81. The lowest BCUT2D eigenvalue weighted by molar-refractivity contribution is -0.274. The molecule has 5 N–H and O–H groups in total. The van der Waals surface area contributed by atoms with Crippen LogP contribution in [0.15, 0.2) is 48.5 Å². The molecule has 3 unspecified atom stereocenters. The average Bonchev–Trinajstić information content (AvgIpc) is 3.72. The Morgan fingerprint density at radius 2 is 1.90 bits per heavy atom. The van der Waals surface area contributed by atoms with Gasteiger partial charge in [-0.25, -0.2) is 0 Å². The largest absolute Gasteiger partial charge is 0.573 e. The number of aryl methyl sites for hydroxylation is 1. The Morgan fingerprint density at radius 3 is 2.62 bits per heavy atom. The minimum atomic E-state index is -4.79. The molecule has 4 rings (SSSR count). The number of rotatable bonds is 12. The fraction of sp³-hybridized carbons (Fsp3) is 0.500. The lowest BCUT2D eigenvalue weighted by Gasteiger charge is -2.43. The Kier molecular flexibility index (Phi) is 9.63. The van der Waals surface area contributed by atoms with Crippen molar-refractivity contribution in [3.8, 4) is 17.2 Å². The molecule has 0 saturated heterocycles. The molecule has 1 amide bonds. The highest BCUT2D eigenvalue weighted by atomic mass is 19.4. The summed E-state index contributed by atoms with van der Waals surface area (Å²) in [5.74, 6) is -0.416. The molecule has 218 valence electrons. The van der Waals surface area contributed by atoms with Gasteiger partial charge in [0.2, 0.25) is 5.91 Å². The predicted molar refractivity (Wildman–Crippen MR) is 145 cm³/mol. The van der Waals surface area contributed by atoms with Crippen molar-refractivity contribution in [2.24, 2.45) is 11.8 Å². The van der Waals surface area contributed by atoms with Crippen molar-refractivity contribution in [3.05, 3.63) is 59.7 Å². The second-order valence-corrected chi connectivity index (χ2v) is 11.0. The number of aromatic hydroxyl groups is 2. The average molecular weight is 563 g/mol. The number of phenolic OH excluding ortho intramolecular Hbond substituents is 2. The highest BCUT2D eigenvalue weighted by molar-refractivity contribution is 5.92. The van der Waals surface area contributed by atoms with Crippen molar-refractivity contribution in [1.29, 1.82) is 0 Å². The van der Waals surface area contributed by atoms with Crippen LogP contribution in [0.2, 0.25) is 0 Å². The standard InChI is InChI=1S/C30H37F3N2O5/c31-30(32,33)40-25-3-1-2-20(16-25)7-9-28(38)35-24-11-14-29(39,13-10-21-6-8-26(36)27(37)17-21)23(18-24)12-15-34-19-22-4-5-22/h1-3,6-9,16-17,22-24,34,36-37,39H,4-5,10-15,18-19H2,(H,35,38)/b9-7+. The van der Waals surface area contributed by atoms with Crippen LogP contribution in [0.25, 0.3) is 6.08 Å². The number of nitrogens with one attached hydrogen (secondary N) is 2. The molecule has 2 aromatic rings. The van der Waals surface area contributed by atoms with Crippen molar-refractivity contribution in [1.82, 2.24) is 10.6 Å². The molecule has 2 saturated carbocycles. The van der Waals surface area contributed by atoms with Crippen LogP contribution in [0, 0.1) is 11.8 Å². The molecule has 7 nitrogen and oxygen atoms in total. The first-order chi connectivity index (χ1) is 19.0. The van der Waals surface area contributed by atoms with E-state index in [4.69, 9.17) is 0 Å². The van der Waals surface area contributed by atoms with Gasteiger partial charge in [0, 0.05) is 12.1 Å². The number of carbonyl (C=O) groups excluding carboxylic acids is 1. The van der Waals surface area contributed by atoms with Gasteiger partial charge in [0.1, 0.15) is 5.75 Å². The molecule has 2 aromatic carbocycles. The highest BCUT2D eigenvalue weighted by Gasteiger charge is 2.41. The summed E-state index contributed by atoms with van der Waals surface area (Å²) >= 11 is 0. The zero-order chi connectivity index (χ0) is 28.8. The number of halogens is 3. The molecule has 0 bridgehead atoms. The molecular formula is C30H37F3N2O5. The van der Waals surface area contributed by atoms with E-state index in [2.05, 4.69) is 15.4 Å². The molecule has 40 heavy (non-hydrogen) atoms. The minimum absolute atomic E-state index is 0.0656. The molecule has 0 aliphatic heterocycles. The quantitative estimate of drug-likeness (QED) is 0.141. The zero-order valence-corrected chi connectivity index (χ0v) is 22.3. The topological polar surface area (TPSA) is 111 Å². The van der Waals surface area contributed by atoms with Crippen LogP contribution in [-0.2, 0) is 11.2 Å². The van der Waals surface area contributed by atoms with E-state index in [1.54, 1.807) is 12.1 Å². The van der Waals surface area contributed by atoms with Crippen LogP contribution in [0.3, 0.4) is 0 Å². The first-order valence-corrected chi connectivity index (χ1v) is 13.8. The van der Waals surface area contributed by atoms with Gasteiger partial charge < -0.3 is 30.7 Å². The third-order valence-electron chi connectivity index (χ3n) is 7.81. The molecule has 2 aliphatic rings. The van der Waals surface area contributed by atoms with Crippen molar-refractivity contribution in [2.45, 2.75) is 69.4 Å². The summed E-state index contributed by atoms with van der Waals surface area (Å²) in [7, 11) is 0. The van der Waals surface area contributed by atoms with E-state index in [9.17, 15) is 33.3 Å². The van der Waals surface area contributed by atoms with E-state index in [1.807, 2.05) is 0 Å². The maximum Gasteiger partial charge on any atom is 0.573 e. The summed E-state index contributed by atoms with van der Waals surface area (Å²) < 4.78 is 41.4. The minimum Gasteiger partial charge on any atom is -0.504 e. The van der Waals surface area contributed by atoms with E-state index in [-0.39, 0.29) is 35.1 Å². The second kappa shape index (κ2) is 13.0. The Balaban J connectivity index is 1.34. The van der Waals surface area contributed by atoms with Crippen LogP contribution in [0.5, 0.6) is 17.2 Å². The summed E-state index contributed by atoms with van der Waals surface area (Å²) in [6, 6.07) is 9.92. The first kappa shape index (κ1) is 29.7. The lowest BCUT2D eigenvalue weighted by atomic mass is 9.69. The number of benzene rings is 2. The third kappa shape index (κ3) is 9.16. The number of ether oxygens (including phenoxy) is 1. The molecule has 0 spiro atoms. The molecule has 0 radical (unpaired) electrons. The summed E-state index contributed by atoms with van der Waals surface area (Å²) in [5, 5.41) is 37.6. The maximum absolute atomic E-state index is 12.7. The number of carbonyl (C=O) groups is 1. The van der Waals surface area contributed by atoms with Crippen LogP contribution in [-0.4, -0.2) is 52.3 Å². The summed E-state index contributed by atoms with van der Waals surface area (Å²) in [6.45, 7) is 1.73. The van der Waals surface area contributed by atoms with Gasteiger partial charge in [0.15, 0.2) is 11.5 Å². The fourth-order valence-electron chi connectivity index (χ4n) is 5.38. The van der Waals surface area contributed by atoms with E-state index in [0.717, 1.165) is 31.0 Å². The smallest absolute Gasteiger partial charge is 0.504 e. The van der Waals surface area contributed by atoms with Gasteiger partial charge in [0.05, 0.1) is 5.60 Å². The normalized spacial score (nSPS) is 23.3. The number of hydrogen-bond acceptors (Lipinski definition) is 6. The van der Waals surface area contributed by atoms with E-state index >= 15 is 0 Å². The van der Waals surface area contributed by atoms with Gasteiger partial charge in [-0.3, -0.25) is 4.79 Å². The number of aliphatic hydroxyl groups is 1. The number of hydrogen-bond donors (Lipinski definition) is 5. The van der Waals surface area contributed by atoms with Crippen molar-refractivity contribution in [2.75, 3.05) is 13.1 Å².